The monoisotopic (exact) mass is 294 g/mol. The molecule has 1 amide bonds. The molecule has 0 bridgehead atoms. The number of benzene rings is 1. The zero-order valence-electron chi connectivity index (χ0n) is 10.3. The van der Waals surface area contributed by atoms with Crippen LogP contribution in [0, 0.1) is 0 Å². The SMILES string of the molecule is O=C1C(c2ccccc2)SC(=S)N1N1CCOCC1. The number of carbonyl (C=O) groups excluding carboxylic acids is 1. The van der Waals surface area contributed by atoms with Gasteiger partial charge in [0.25, 0.3) is 5.91 Å². The molecule has 0 radical (unpaired) electrons. The molecule has 4 nitrogen and oxygen atoms in total. The maximum atomic E-state index is 12.6. The lowest BCUT2D eigenvalue weighted by molar-refractivity contribution is -0.142. The molecule has 3 rings (SSSR count). The van der Waals surface area contributed by atoms with Gasteiger partial charge in [-0.05, 0) is 5.56 Å². The first-order chi connectivity index (χ1) is 9.27. The van der Waals surface area contributed by atoms with Crippen LogP contribution in [0.3, 0.4) is 0 Å². The Bertz CT molecular complexity index is 489. The van der Waals surface area contributed by atoms with E-state index in [1.165, 1.54) is 11.8 Å². The molecule has 0 N–H and O–H groups in total. The van der Waals surface area contributed by atoms with Gasteiger partial charge in [-0.25, -0.2) is 10.0 Å². The van der Waals surface area contributed by atoms with Crippen molar-refractivity contribution in [2.45, 2.75) is 5.25 Å². The van der Waals surface area contributed by atoms with Gasteiger partial charge in [0, 0.05) is 13.1 Å². The molecular weight excluding hydrogens is 280 g/mol. The van der Waals surface area contributed by atoms with E-state index in [9.17, 15) is 4.79 Å². The lowest BCUT2D eigenvalue weighted by Crippen LogP contribution is -2.50. The van der Waals surface area contributed by atoms with Gasteiger partial charge in [-0.1, -0.05) is 54.3 Å². The van der Waals surface area contributed by atoms with Gasteiger partial charge in [0.05, 0.1) is 13.2 Å². The minimum Gasteiger partial charge on any atom is -0.379 e. The number of hydrogen-bond donors (Lipinski definition) is 0. The molecule has 2 aliphatic heterocycles. The Hall–Kier alpha value is -0.950. The normalized spacial score (nSPS) is 25.1. The van der Waals surface area contributed by atoms with Crippen molar-refractivity contribution in [3.63, 3.8) is 0 Å². The summed E-state index contributed by atoms with van der Waals surface area (Å²) < 4.78 is 5.95. The minimum absolute atomic E-state index is 0.0584. The fourth-order valence-electron chi connectivity index (χ4n) is 2.25. The molecule has 100 valence electrons. The van der Waals surface area contributed by atoms with Crippen molar-refractivity contribution in [2.24, 2.45) is 0 Å². The molecule has 6 heteroatoms. The highest BCUT2D eigenvalue weighted by Gasteiger charge is 2.41. The molecule has 1 unspecified atom stereocenters. The molecule has 0 spiro atoms. The first-order valence-electron chi connectivity index (χ1n) is 6.19. The van der Waals surface area contributed by atoms with Crippen LogP contribution in [0.25, 0.3) is 0 Å². The second-order valence-electron chi connectivity index (χ2n) is 4.39. The molecule has 0 saturated carbocycles. The lowest BCUT2D eigenvalue weighted by atomic mass is 10.1. The predicted octanol–water partition coefficient (Wildman–Crippen LogP) is 1.84. The minimum atomic E-state index is -0.212. The van der Waals surface area contributed by atoms with Crippen molar-refractivity contribution in [3.8, 4) is 0 Å². The molecule has 2 heterocycles. The quantitative estimate of drug-likeness (QED) is 0.777. The number of ether oxygens (including phenoxy) is 1. The van der Waals surface area contributed by atoms with Crippen LogP contribution in [0.2, 0.25) is 0 Å². The topological polar surface area (TPSA) is 32.8 Å². The summed E-state index contributed by atoms with van der Waals surface area (Å²) in [6, 6.07) is 9.79. The Morgan fingerprint density at radius 2 is 1.89 bits per heavy atom. The first-order valence-corrected chi connectivity index (χ1v) is 7.48. The molecule has 19 heavy (non-hydrogen) atoms. The highest BCUT2D eigenvalue weighted by Crippen LogP contribution is 2.40. The van der Waals surface area contributed by atoms with E-state index in [2.05, 4.69) is 0 Å². The van der Waals surface area contributed by atoms with Gasteiger partial charge in [0.15, 0.2) is 4.32 Å². The zero-order valence-corrected chi connectivity index (χ0v) is 12.0. The van der Waals surface area contributed by atoms with Gasteiger partial charge < -0.3 is 4.74 Å². The summed E-state index contributed by atoms with van der Waals surface area (Å²) in [5.41, 5.74) is 1.01. The average Bonchev–Trinajstić information content (AvgIpc) is 2.76. The highest BCUT2D eigenvalue weighted by atomic mass is 32.2. The van der Waals surface area contributed by atoms with Gasteiger partial charge in [-0.3, -0.25) is 4.79 Å². The molecule has 0 aromatic heterocycles. The van der Waals surface area contributed by atoms with Crippen molar-refractivity contribution in [1.29, 1.82) is 0 Å². The third kappa shape index (κ3) is 2.53. The number of rotatable bonds is 2. The fourth-order valence-corrected chi connectivity index (χ4v) is 3.74. The Labute approximate surface area is 121 Å². The van der Waals surface area contributed by atoms with Crippen molar-refractivity contribution in [3.05, 3.63) is 35.9 Å². The number of hydrogen-bond acceptors (Lipinski definition) is 5. The number of hydrazine groups is 1. The van der Waals surface area contributed by atoms with Gasteiger partial charge >= 0.3 is 0 Å². The summed E-state index contributed by atoms with van der Waals surface area (Å²) in [5, 5.41) is 3.43. The van der Waals surface area contributed by atoms with Crippen LogP contribution in [0.15, 0.2) is 30.3 Å². The van der Waals surface area contributed by atoms with E-state index >= 15 is 0 Å². The maximum Gasteiger partial charge on any atom is 0.260 e. The molecule has 1 aromatic rings. The van der Waals surface area contributed by atoms with Gasteiger partial charge in [-0.15, -0.1) is 0 Å². The maximum absolute atomic E-state index is 12.6. The van der Waals surface area contributed by atoms with Crippen LogP contribution in [0.4, 0.5) is 0 Å². The van der Waals surface area contributed by atoms with E-state index in [0.717, 1.165) is 5.56 Å². The van der Waals surface area contributed by atoms with Gasteiger partial charge in [0.2, 0.25) is 0 Å². The summed E-state index contributed by atoms with van der Waals surface area (Å²) >= 11 is 6.81. The molecule has 2 fully saturated rings. The van der Waals surface area contributed by atoms with Crippen LogP contribution in [-0.4, -0.2) is 46.5 Å². The highest BCUT2D eigenvalue weighted by molar-refractivity contribution is 8.24. The largest absolute Gasteiger partial charge is 0.379 e. The molecule has 0 aliphatic carbocycles. The molecule has 1 atom stereocenters. The van der Waals surface area contributed by atoms with Crippen molar-refractivity contribution in [2.75, 3.05) is 26.3 Å². The Morgan fingerprint density at radius 1 is 1.21 bits per heavy atom. The smallest absolute Gasteiger partial charge is 0.260 e. The summed E-state index contributed by atoms with van der Waals surface area (Å²) in [5.74, 6) is 0.0584. The summed E-state index contributed by atoms with van der Waals surface area (Å²) in [6.07, 6.45) is 0. The third-order valence-corrected chi connectivity index (χ3v) is 4.74. The number of amides is 1. The van der Waals surface area contributed by atoms with Crippen LogP contribution in [-0.2, 0) is 9.53 Å². The second kappa shape index (κ2) is 5.58. The van der Waals surface area contributed by atoms with Crippen LogP contribution >= 0.6 is 24.0 Å². The summed E-state index contributed by atoms with van der Waals surface area (Å²) in [7, 11) is 0. The predicted molar refractivity (Wildman–Crippen MR) is 78.6 cm³/mol. The molecular formula is C13H14N2O2S2. The van der Waals surface area contributed by atoms with Gasteiger partial charge in [-0.2, -0.15) is 0 Å². The van der Waals surface area contributed by atoms with E-state index in [1.54, 1.807) is 5.01 Å². The molecule has 2 saturated heterocycles. The van der Waals surface area contributed by atoms with E-state index < -0.39 is 0 Å². The van der Waals surface area contributed by atoms with Crippen LogP contribution in [0.5, 0.6) is 0 Å². The van der Waals surface area contributed by atoms with E-state index in [1.807, 2.05) is 35.3 Å². The number of morpholine rings is 1. The van der Waals surface area contributed by atoms with Crippen molar-refractivity contribution in [1.82, 2.24) is 10.0 Å². The number of nitrogens with zero attached hydrogens (tertiary/aromatic N) is 2. The molecule has 1 aromatic carbocycles. The second-order valence-corrected chi connectivity index (χ2v) is 6.13. The van der Waals surface area contributed by atoms with Crippen LogP contribution < -0.4 is 0 Å². The van der Waals surface area contributed by atoms with E-state index in [4.69, 9.17) is 17.0 Å². The fraction of sp³-hybridized carbons (Fsp3) is 0.385. The average molecular weight is 294 g/mol. The number of carbonyl (C=O) groups is 1. The summed E-state index contributed by atoms with van der Waals surface area (Å²) in [6.45, 7) is 2.72. The first kappa shape index (κ1) is 13.1. The van der Waals surface area contributed by atoms with Crippen LogP contribution in [0.1, 0.15) is 10.8 Å². The number of thiocarbonyl (C=S) groups is 1. The Kier molecular flexibility index (Phi) is 3.83. The van der Waals surface area contributed by atoms with Crippen molar-refractivity contribution < 1.29 is 9.53 Å². The Morgan fingerprint density at radius 3 is 2.58 bits per heavy atom. The van der Waals surface area contributed by atoms with E-state index in [-0.39, 0.29) is 11.2 Å². The third-order valence-electron chi connectivity index (χ3n) is 3.20. The molecule has 2 aliphatic rings. The van der Waals surface area contributed by atoms with Gasteiger partial charge in [0.1, 0.15) is 5.25 Å². The lowest BCUT2D eigenvalue weighted by Gasteiger charge is -2.33. The van der Waals surface area contributed by atoms with E-state index in [0.29, 0.717) is 30.6 Å². The Balaban J connectivity index is 1.81. The standard InChI is InChI=1S/C13H14N2O2S2/c16-12-11(10-4-2-1-3-5-10)19-13(18)15(12)14-6-8-17-9-7-14/h1-5,11H,6-9H2. The number of thioether (sulfide) groups is 1. The zero-order chi connectivity index (χ0) is 13.2. The summed E-state index contributed by atoms with van der Waals surface area (Å²) in [4.78, 5) is 12.6. The van der Waals surface area contributed by atoms with Crippen molar-refractivity contribution >= 4 is 34.2 Å².